The minimum absolute atomic E-state index is 0.0341. The molecular weight excluding hydrogens is 272 g/mol. The van der Waals surface area contributed by atoms with Gasteiger partial charge in [-0.05, 0) is 49.1 Å². The van der Waals surface area contributed by atoms with Crippen molar-refractivity contribution in [2.45, 2.75) is 32.4 Å². The van der Waals surface area contributed by atoms with Crippen LogP contribution in [0.4, 0.5) is 8.78 Å². The fourth-order valence-corrected chi connectivity index (χ4v) is 2.09. The molecule has 0 bridgehead atoms. The normalized spacial score (nSPS) is 14.2. The first-order valence-corrected chi connectivity index (χ1v) is 7.07. The topological polar surface area (TPSA) is 21.3 Å². The van der Waals surface area contributed by atoms with Gasteiger partial charge in [0, 0.05) is 18.7 Å². The van der Waals surface area contributed by atoms with Crippen LogP contribution >= 0.6 is 0 Å². The molecule has 0 radical (unpaired) electrons. The Bertz CT molecular complexity index is 653. The molecule has 0 atom stereocenters. The summed E-state index contributed by atoms with van der Waals surface area (Å²) in [7, 11) is 0. The summed E-state index contributed by atoms with van der Waals surface area (Å²) in [6, 6.07) is 9.81. The van der Waals surface area contributed by atoms with Crippen LogP contribution in [0.15, 0.2) is 36.4 Å². The number of halogens is 2. The van der Waals surface area contributed by atoms with E-state index in [1.165, 1.54) is 25.0 Å². The maximum Gasteiger partial charge on any atom is 0.168 e. The zero-order valence-electron chi connectivity index (χ0n) is 11.8. The van der Waals surface area contributed by atoms with Crippen LogP contribution in [0.3, 0.4) is 0 Å². The van der Waals surface area contributed by atoms with Crippen LogP contribution in [0.2, 0.25) is 0 Å². The molecule has 2 aromatic carbocycles. The molecule has 0 amide bonds. The Kier molecular flexibility index (Phi) is 3.88. The third kappa shape index (κ3) is 3.58. The van der Waals surface area contributed by atoms with Crippen molar-refractivity contribution in [3.63, 3.8) is 0 Å². The molecule has 1 aliphatic rings. The lowest BCUT2D eigenvalue weighted by Gasteiger charge is -2.12. The second-order valence-corrected chi connectivity index (χ2v) is 5.43. The highest BCUT2D eigenvalue weighted by Gasteiger charge is 2.20. The van der Waals surface area contributed by atoms with Crippen molar-refractivity contribution in [3.8, 4) is 11.5 Å². The maximum absolute atomic E-state index is 13.7. The van der Waals surface area contributed by atoms with E-state index in [1.54, 1.807) is 0 Å². The van der Waals surface area contributed by atoms with E-state index in [4.69, 9.17) is 4.74 Å². The van der Waals surface area contributed by atoms with Gasteiger partial charge in [0.05, 0.1) is 0 Å². The van der Waals surface area contributed by atoms with E-state index in [0.717, 1.165) is 23.7 Å². The van der Waals surface area contributed by atoms with Crippen LogP contribution in [0.5, 0.6) is 11.5 Å². The minimum atomic E-state index is -0.698. The first-order valence-electron chi connectivity index (χ1n) is 7.07. The summed E-state index contributed by atoms with van der Waals surface area (Å²) in [5.41, 5.74) is 2.00. The molecule has 1 saturated carbocycles. The lowest BCUT2D eigenvalue weighted by atomic mass is 10.1. The van der Waals surface area contributed by atoms with Crippen molar-refractivity contribution in [2.75, 3.05) is 0 Å². The Morgan fingerprint density at radius 2 is 1.90 bits per heavy atom. The predicted molar refractivity (Wildman–Crippen MR) is 77.5 cm³/mol. The first kappa shape index (κ1) is 14.0. The van der Waals surface area contributed by atoms with Gasteiger partial charge >= 0.3 is 0 Å². The largest absolute Gasteiger partial charge is 0.454 e. The molecule has 21 heavy (non-hydrogen) atoms. The number of rotatable bonds is 5. The molecule has 4 heteroatoms. The van der Waals surface area contributed by atoms with Crippen LogP contribution in [0.25, 0.3) is 0 Å². The number of benzene rings is 2. The first-order chi connectivity index (χ1) is 10.1. The summed E-state index contributed by atoms with van der Waals surface area (Å²) in [4.78, 5) is 0. The Balaban J connectivity index is 1.77. The predicted octanol–water partition coefficient (Wildman–Crippen LogP) is 4.32. The molecule has 110 valence electrons. The van der Waals surface area contributed by atoms with Crippen molar-refractivity contribution < 1.29 is 13.5 Å². The van der Waals surface area contributed by atoms with Crippen molar-refractivity contribution in [1.29, 1.82) is 0 Å². The smallest absolute Gasteiger partial charge is 0.168 e. The summed E-state index contributed by atoms with van der Waals surface area (Å²) in [6.45, 7) is 2.67. The Hall–Kier alpha value is -1.94. The number of hydrogen-bond acceptors (Lipinski definition) is 2. The molecule has 0 aliphatic heterocycles. The molecule has 0 unspecified atom stereocenters. The van der Waals surface area contributed by atoms with Gasteiger partial charge in [0.1, 0.15) is 11.6 Å². The summed E-state index contributed by atoms with van der Waals surface area (Å²) < 4.78 is 32.1. The van der Waals surface area contributed by atoms with E-state index in [-0.39, 0.29) is 5.75 Å². The van der Waals surface area contributed by atoms with Crippen LogP contribution in [0.1, 0.15) is 24.0 Å². The summed E-state index contributed by atoms with van der Waals surface area (Å²) >= 11 is 0. The molecule has 0 saturated heterocycles. The molecule has 2 aromatic rings. The summed E-state index contributed by atoms with van der Waals surface area (Å²) in [6.07, 6.45) is 2.46. The quantitative estimate of drug-likeness (QED) is 0.885. The van der Waals surface area contributed by atoms with Crippen molar-refractivity contribution in [1.82, 2.24) is 5.32 Å². The third-order valence-corrected chi connectivity index (χ3v) is 3.54. The van der Waals surface area contributed by atoms with Gasteiger partial charge in [-0.15, -0.1) is 0 Å². The van der Waals surface area contributed by atoms with Crippen LogP contribution in [-0.2, 0) is 6.54 Å². The van der Waals surface area contributed by atoms with Crippen molar-refractivity contribution in [2.24, 2.45) is 0 Å². The molecule has 2 nitrogen and oxygen atoms in total. The lowest BCUT2D eigenvalue weighted by molar-refractivity contribution is 0.434. The molecule has 3 rings (SSSR count). The zero-order valence-corrected chi connectivity index (χ0v) is 11.8. The van der Waals surface area contributed by atoms with Gasteiger partial charge in [0.25, 0.3) is 0 Å². The third-order valence-electron chi connectivity index (χ3n) is 3.54. The average molecular weight is 289 g/mol. The van der Waals surface area contributed by atoms with Crippen molar-refractivity contribution >= 4 is 0 Å². The average Bonchev–Trinajstić information content (AvgIpc) is 3.27. The van der Waals surface area contributed by atoms with Gasteiger partial charge in [-0.1, -0.05) is 12.1 Å². The minimum Gasteiger partial charge on any atom is -0.454 e. The monoisotopic (exact) mass is 289 g/mol. The van der Waals surface area contributed by atoms with Gasteiger partial charge < -0.3 is 10.1 Å². The molecule has 0 aromatic heterocycles. The molecular formula is C17H17F2NO. The molecule has 0 heterocycles. The number of hydrogen-bond donors (Lipinski definition) is 1. The number of ether oxygens (including phenoxy) is 1. The standard InChI is InChI=1S/C17H17F2NO/c1-11-2-3-12(10-20-14-5-6-14)8-17(11)21-16-7-4-13(18)9-15(16)19/h2-4,7-9,14,20H,5-6,10H2,1H3. The Morgan fingerprint density at radius 1 is 1.10 bits per heavy atom. The Morgan fingerprint density at radius 3 is 2.62 bits per heavy atom. The Labute approximate surface area is 122 Å². The second-order valence-electron chi connectivity index (χ2n) is 5.43. The zero-order chi connectivity index (χ0) is 14.8. The van der Waals surface area contributed by atoms with E-state index >= 15 is 0 Å². The van der Waals surface area contributed by atoms with E-state index in [2.05, 4.69) is 5.32 Å². The van der Waals surface area contributed by atoms with E-state index in [1.807, 2.05) is 25.1 Å². The van der Waals surface area contributed by atoms with Crippen LogP contribution in [-0.4, -0.2) is 6.04 Å². The van der Waals surface area contributed by atoms with Crippen LogP contribution < -0.4 is 10.1 Å². The van der Waals surface area contributed by atoms with E-state index in [0.29, 0.717) is 11.8 Å². The fraction of sp³-hybridized carbons (Fsp3) is 0.294. The van der Waals surface area contributed by atoms with E-state index < -0.39 is 11.6 Å². The van der Waals surface area contributed by atoms with Gasteiger partial charge in [-0.2, -0.15) is 0 Å². The summed E-state index contributed by atoms with van der Waals surface area (Å²) in [5.74, 6) is -0.683. The summed E-state index contributed by atoms with van der Waals surface area (Å²) in [5, 5.41) is 3.42. The highest BCUT2D eigenvalue weighted by molar-refractivity contribution is 5.40. The SMILES string of the molecule is Cc1ccc(CNC2CC2)cc1Oc1ccc(F)cc1F. The molecule has 1 aliphatic carbocycles. The molecule has 0 spiro atoms. The number of aryl methyl sites for hydroxylation is 1. The van der Waals surface area contributed by atoms with Gasteiger partial charge in [-0.25, -0.2) is 8.78 Å². The van der Waals surface area contributed by atoms with Gasteiger partial charge in [0.2, 0.25) is 0 Å². The molecule has 1 fully saturated rings. The fourth-order valence-electron chi connectivity index (χ4n) is 2.09. The molecule has 1 N–H and O–H groups in total. The van der Waals surface area contributed by atoms with E-state index in [9.17, 15) is 8.78 Å². The van der Waals surface area contributed by atoms with Crippen LogP contribution in [0, 0.1) is 18.6 Å². The van der Waals surface area contributed by atoms with Gasteiger partial charge in [-0.3, -0.25) is 0 Å². The second kappa shape index (κ2) is 5.82. The highest BCUT2D eigenvalue weighted by Crippen LogP contribution is 2.29. The van der Waals surface area contributed by atoms with Crippen molar-refractivity contribution in [3.05, 3.63) is 59.2 Å². The maximum atomic E-state index is 13.7. The number of nitrogens with one attached hydrogen (secondary N) is 1. The van der Waals surface area contributed by atoms with Gasteiger partial charge in [0.15, 0.2) is 11.6 Å². The lowest BCUT2D eigenvalue weighted by Crippen LogP contribution is -2.15. The highest BCUT2D eigenvalue weighted by atomic mass is 19.1.